The van der Waals surface area contributed by atoms with E-state index in [1.54, 1.807) is 36.4 Å². The normalized spacial score (nSPS) is 10.4. The molecule has 3 nitrogen and oxygen atoms in total. The molecule has 0 fully saturated rings. The van der Waals surface area contributed by atoms with Gasteiger partial charge in [-0.3, -0.25) is 0 Å². The number of aromatic nitrogens is 1. The van der Waals surface area contributed by atoms with E-state index in [0.717, 1.165) is 0 Å². The molecule has 0 bridgehead atoms. The van der Waals surface area contributed by atoms with Crippen molar-refractivity contribution in [2.75, 3.05) is 5.73 Å². The van der Waals surface area contributed by atoms with Gasteiger partial charge in [0.15, 0.2) is 0 Å². The van der Waals surface area contributed by atoms with Gasteiger partial charge in [0.2, 0.25) is 0 Å². The Bertz CT molecular complexity index is 963. The van der Waals surface area contributed by atoms with E-state index in [1.807, 2.05) is 6.07 Å². The molecule has 118 valence electrons. The average Bonchev–Trinajstić information content (AvgIpc) is 2.57. The summed E-state index contributed by atoms with van der Waals surface area (Å²) in [5.41, 5.74) is 8.46. The fourth-order valence-corrected chi connectivity index (χ4v) is 2.76. The molecule has 0 saturated heterocycles. The molecule has 0 amide bonds. The SMILES string of the molecule is N#Cc1c(-c2ccc(F)cc2)cc(-c2cc(Cl)ccc2Cl)nc1N. The maximum Gasteiger partial charge on any atom is 0.142 e. The highest BCUT2D eigenvalue weighted by atomic mass is 35.5. The van der Waals surface area contributed by atoms with Crippen LogP contribution in [0.15, 0.2) is 48.5 Å². The number of pyridine rings is 1. The lowest BCUT2D eigenvalue weighted by molar-refractivity contribution is 0.628. The van der Waals surface area contributed by atoms with Gasteiger partial charge >= 0.3 is 0 Å². The first-order chi connectivity index (χ1) is 11.5. The summed E-state index contributed by atoms with van der Waals surface area (Å²) in [6, 6.07) is 14.5. The minimum Gasteiger partial charge on any atom is -0.383 e. The third-order valence-electron chi connectivity index (χ3n) is 3.52. The second kappa shape index (κ2) is 6.48. The Morgan fingerprint density at radius 1 is 1.00 bits per heavy atom. The van der Waals surface area contributed by atoms with E-state index < -0.39 is 0 Å². The molecule has 24 heavy (non-hydrogen) atoms. The molecule has 1 heterocycles. The molecule has 0 aliphatic carbocycles. The number of hydrogen-bond acceptors (Lipinski definition) is 3. The third kappa shape index (κ3) is 3.05. The zero-order chi connectivity index (χ0) is 17.3. The molecule has 0 radical (unpaired) electrons. The maximum absolute atomic E-state index is 13.2. The molecule has 3 rings (SSSR count). The van der Waals surface area contributed by atoms with Gasteiger partial charge < -0.3 is 5.73 Å². The molecule has 0 unspecified atom stereocenters. The summed E-state index contributed by atoms with van der Waals surface area (Å²) in [5, 5.41) is 10.3. The van der Waals surface area contributed by atoms with Gasteiger partial charge in [-0.15, -0.1) is 0 Å². The molecular formula is C18H10Cl2FN3. The third-order valence-corrected chi connectivity index (χ3v) is 4.08. The number of rotatable bonds is 2. The maximum atomic E-state index is 13.2. The van der Waals surface area contributed by atoms with Crippen molar-refractivity contribution in [3.05, 3.63) is 70.0 Å². The number of nitriles is 1. The zero-order valence-electron chi connectivity index (χ0n) is 12.2. The van der Waals surface area contributed by atoms with Crippen LogP contribution in [0.2, 0.25) is 10.0 Å². The first-order valence-corrected chi connectivity index (χ1v) is 7.67. The van der Waals surface area contributed by atoms with Crippen molar-refractivity contribution in [1.29, 1.82) is 5.26 Å². The van der Waals surface area contributed by atoms with Gasteiger partial charge in [0.05, 0.1) is 10.7 Å². The highest BCUT2D eigenvalue weighted by Crippen LogP contribution is 2.35. The van der Waals surface area contributed by atoms with E-state index in [9.17, 15) is 9.65 Å². The fraction of sp³-hybridized carbons (Fsp3) is 0. The van der Waals surface area contributed by atoms with Gasteiger partial charge in [0.25, 0.3) is 0 Å². The Labute approximate surface area is 148 Å². The second-order valence-corrected chi connectivity index (χ2v) is 5.90. The number of nitrogens with two attached hydrogens (primary N) is 1. The monoisotopic (exact) mass is 357 g/mol. The van der Waals surface area contributed by atoms with E-state index >= 15 is 0 Å². The average molecular weight is 358 g/mol. The number of nitrogens with zero attached hydrogens (tertiary/aromatic N) is 2. The lowest BCUT2D eigenvalue weighted by Crippen LogP contribution is -2.00. The van der Waals surface area contributed by atoms with Crippen LogP contribution in [-0.2, 0) is 0 Å². The summed E-state index contributed by atoms with van der Waals surface area (Å²) in [5.74, 6) is -0.289. The molecule has 0 atom stereocenters. The highest BCUT2D eigenvalue weighted by Gasteiger charge is 2.15. The van der Waals surface area contributed by atoms with Crippen LogP contribution in [0.25, 0.3) is 22.4 Å². The molecule has 1 aromatic heterocycles. The molecular weight excluding hydrogens is 348 g/mol. The van der Waals surface area contributed by atoms with Crippen molar-refractivity contribution in [3.8, 4) is 28.5 Å². The van der Waals surface area contributed by atoms with Gasteiger partial charge in [-0.05, 0) is 42.0 Å². The zero-order valence-corrected chi connectivity index (χ0v) is 13.7. The van der Waals surface area contributed by atoms with E-state index in [1.165, 1.54) is 12.1 Å². The van der Waals surface area contributed by atoms with E-state index in [0.29, 0.717) is 32.4 Å². The summed E-state index contributed by atoms with van der Waals surface area (Å²) in [7, 11) is 0. The summed E-state index contributed by atoms with van der Waals surface area (Å²) in [6.45, 7) is 0. The topological polar surface area (TPSA) is 62.7 Å². The standard InChI is InChI=1S/C18H10Cl2FN3/c19-11-3-6-16(20)14(7-11)17-8-13(15(9-22)18(23)24-17)10-1-4-12(21)5-2-10/h1-8H,(H2,23,24). The number of anilines is 1. The van der Waals surface area contributed by atoms with Crippen LogP contribution in [0.4, 0.5) is 10.2 Å². The van der Waals surface area contributed by atoms with Crippen molar-refractivity contribution in [2.24, 2.45) is 0 Å². The molecule has 0 spiro atoms. The first-order valence-electron chi connectivity index (χ1n) is 6.91. The summed E-state index contributed by atoms with van der Waals surface area (Å²) in [4.78, 5) is 4.26. The minimum absolute atomic E-state index is 0.0744. The number of hydrogen-bond donors (Lipinski definition) is 1. The van der Waals surface area contributed by atoms with Crippen molar-refractivity contribution in [2.45, 2.75) is 0 Å². The van der Waals surface area contributed by atoms with E-state index in [4.69, 9.17) is 28.9 Å². The first kappa shape index (κ1) is 16.3. The molecule has 2 aromatic carbocycles. The van der Waals surface area contributed by atoms with Crippen LogP contribution in [0.5, 0.6) is 0 Å². The predicted octanol–water partition coefficient (Wildman–Crippen LogP) is 5.32. The summed E-state index contributed by atoms with van der Waals surface area (Å²) < 4.78 is 13.2. The Hall–Kier alpha value is -2.61. The highest BCUT2D eigenvalue weighted by molar-refractivity contribution is 6.35. The van der Waals surface area contributed by atoms with Gasteiger partial charge in [-0.1, -0.05) is 35.3 Å². The lowest BCUT2D eigenvalue weighted by Gasteiger charge is -2.11. The van der Waals surface area contributed by atoms with Crippen molar-refractivity contribution >= 4 is 29.0 Å². The molecule has 3 aromatic rings. The predicted molar refractivity (Wildman–Crippen MR) is 94.2 cm³/mol. The summed E-state index contributed by atoms with van der Waals surface area (Å²) >= 11 is 12.2. The van der Waals surface area contributed by atoms with Crippen LogP contribution in [-0.4, -0.2) is 4.98 Å². The quantitative estimate of drug-likeness (QED) is 0.675. The molecule has 2 N–H and O–H groups in total. The number of halogens is 3. The van der Waals surface area contributed by atoms with Crippen LogP contribution in [0.1, 0.15) is 5.56 Å². The Balaban J connectivity index is 2.26. The smallest absolute Gasteiger partial charge is 0.142 e. The molecule has 0 aliphatic heterocycles. The van der Waals surface area contributed by atoms with Crippen LogP contribution in [0.3, 0.4) is 0 Å². The Kier molecular flexibility index (Phi) is 4.39. The summed E-state index contributed by atoms with van der Waals surface area (Å²) in [6.07, 6.45) is 0. The molecule has 0 saturated carbocycles. The van der Waals surface area contributed by atoms with Gasteiger partial charge in [-0.25, -0.2) is 9.37 Å². The second-order valence-electron chi connectivity index (χ2n) is 5.06. The van der Waals surface area contributed by atoms with Crippen molar-refractivity contribution in [1.82, 2.24) is 4.98 Å². The Morgan fingerprint density at radius 2 is 1.71 bits per heavy atom. The van der Waals surface area contributed by atoms with Crippen LogP contribution < -0.4 is 5.73 Å². The largest absolute Gasteiger partial charge is 0.383 e. The van der Waals surface area contributed by atoms with Gasteiger partial charge in [0.1, 0.15) is 23.3 Å². The van der Waals surface area contributed by atoms with Crippen molar-refractivity contribution in [3.63, 3.8) is 0 Å². The van der Waals surface area contributed by atoms with E-state index in [2.05, 4.69) is 4.98 Å². The minimum atomic E-state index is -0.364. The Morgan fingerprint density at radius 3 is 2.38 bits per heavy atom. The number of nitrogen functional groups attached to an aromatic ring is 1. The molecule has 6 heteroatoms. The van der Waals surface area contributed by atoms with Gasteiger partial charge in [-0.2, -0.15) is 5.26 Å². The van der Waals surface area contributed by atoms with Gasteiger partial charge in [0, 0.05) is 16.1 Å². The fourth-order valence-electron chi connectivity index (χ4n) is 2.37. The lowest BCUT2D eigenvalue weighted by atomic mass is 9.98. The van der Waals surface area contributed by atoms with Crippen LogP contribution >= 0.6 is 23.2 Å². The molecule has 0 aliphatic rings. The number of benzene rings is 2. The van der Waals surface area contributed by atoms with E-state index in [-0.39, 0.29) is 17.2 Å². The van der Waals surface area contributed by atoms with Crippen molar-refractivity contribution < 1.29 is 4.39 Å². The van der Waals surface area contributed by atoms with Crippen LogP contribution in [0, 0.1) is 17.1 Å².